The first-order valence-electron chi connectivity index (χ1n) is 6.97. The lowest BCUT2D eigenvalue weighted by atomic mass is 10.0. The standard InChI is InChI=1S/C18H13F2NO2/c1-9-3-4-11(5-10(9)2)16-8-14(18(22)23)13-6-12(19)7-15(20)17(13)21-16/h3-8H,1-2H3,(H,22,23). The van der Waals surface area contributed by atoms with Gasteiger partial charge in [-0.15, -0.1) is 0 Å². The van der Waals surface area contributed by atoms with Crippen molar-refractivity contribution in [1.29, 1.82) is 0 Å². The number of aryl methyl sites for hydroxylation is 2. The van der Waals surface area contributed by atoms with E-state index in [0.29, 0.717) is 17.3 Å². The number of hydrogen-bond acceptors (Lipinski definition) is 2. The third-order valence-corrected chi connectivity index (χ3v) is 3.86. The van der Waals surface area contributed by atoms with Gasteiger partial charge in [-0.05, 0) is 43.2 Å². The lowest BCUT2D eigenvalue weighted by molar-refractivity contribution is 0.0699. The highest BCUT2D eigenvalue weighted by Gasteiger charge is 2.17. The maximum Gasteiger partial charge on any atom is 0.336 e. The molecule has 0 spiro atoms. The second-order valence-electron chi connectivity index (χ2n) is 5.44. The van der Waals surface area contributed by atoms with Crippen LogP contribution in [0.25, 0.3) is 22.2 Å². The molecule has 2 aromatic carbocycles. The summed E-state index contributed by atoms with van der Waals surface area (Å²) in [6.07, 6.45) is 0. The van der Waals surface area contributed by atoms with Crippen LogP contribution in [-0.4, -0.2) is 16.1 Å². The number of hydrogen-bond donors (Lipinski definition) is 1. The van der Waals surface area contributed by atoms with Gasteiger partial charge in [-0.2, -0.15) is 0 Å². The Kier molecular flexibility index (Phi) is 3.56. The smallest absolute Gasteiger partial charge is 0.336 e. The number of carboxylic acid groups (broad SMARTS) is 1. The van der Waals surface area contributed by atoms with E-state index >= 15 is 0 Å². The van der Waals surface area contributed by atoms with Gasteiger partial charge in [-0.25, -0.2) is 18.6 Å². The molecule has 0 saturated heterocycles. The maximum atomic E-state index is 14.0. The molecule has 23 heavy (non-hydrogen) atoms. The molecule has 0 radical (unpaired) electrons. The molecular weight excluding hydrogens is 300 g/mol. The fraction of sp³-hybridized carbons (Fsp3) is 0.111. The molecule has 1 aromatic heterocycles. The first kappa shape index (κ1) is 15.1. The monoisotopic (exact) mass is 313 g/mol. The Morgan fingerprint density at radius 1 is 1.04 bits per heavy atom. The molecule has 5 heteroatoms. The topological polar surface area (TPSA) is 50.2 Å². The van der Waals surface area contributed by atoms with Gasteiger partial charge in [-0.3, -0.25) is 0 Å². The molecule has 0 fully saturated rings. The third kappa shape index (κ3) is 2.65. The van der Waals surface area contributed by atoms with E-state index in [1.54, 1.807) is 6.07 Å². The molecule has 116 valence electrons. The molecule has 3 rings (SSSR count). The summed E-state index contributed by atoms with van der Waals surface area (Å²) in [5.74, 6) is -2.97. The van der Waals surface area contributed by atoms with Crippen LogP contribution in [0.15, 0.2) is 36.4 Å². The Hall–Kier alpha value is -2.82. The van der Waals surface area contributed by atoms with Crippen molar-refractivity contribution in [3.8, 4) is 11.3 Å². The summed E-state index contributed by atoms with van der Waals surface area (Å²) < 4.78 is 27.4. The SMILES string of the molecule is Cc1ccc(-c2cc(C(=O)O)c3cc(F)cc(F)c3n2)cc1C. The van der Waals surface area contributed by atoms with E-state index in [2.05, 4.69) is 4.98 Å². The van der Waals surface area contributed by atoms with Crippen molar-refractivity contribution < 1.29 is 18.7 Å². The number of halogens is 2. The minimum absolute atomic E-state index is 0.0532. The average molecular weight is 313 g/mol. The van der Waals surface area contributed by atoms with Crippen molar-refractivity contribution in [2.24, 2.45) is 0 Å². The van der Waals surface area contributed by atoms with Crippen LogP contribution in [0.2, 0.25) is 0 Å². The summed E-state index contributed by atoms with van der Waals surface area (Å²) in [6.45, 7) is 3.88. The molecule has 0 unspecified atom stereocenters. The van der Waals surface area contributed by atoms with Crippen molar-refractivity contribution in [2.75, 3.05) is 0 Å². The normalized spacial score (nSPS) is 11.0. The summed E-state index contributed by atoms with van der Waals surface area (Å²) in [7, 11) is 0. The Bertz CT molecular complexity index is 951. The Labute approximate surface area is 131 Å². The van der Waals surface area contributed by atoms with Crippen LogP contribution in [0.5, 0.6) is 0 Å². The molecule has 0 aliphatic heterocycles. The van der Waals surface area contributed by atoms with Crippen LogP contribution < -0.4 is 0 Å². The van der Waals surface area contributed by atoms with Crippen LogP contribution in [-0.2, 0) is 0 Å². The summed E-state index contributed by atoms with van der Waals surface area (Å²) in [4.78, 5) is 15.7. The van der Waals surface area contributed by atoms with E-state index in [-0.39, 0.29) is 16.5 Å². The summed E-state index contributed by atoms with van der Waals surface area (Å²) >= 11 is 0. The van der Waals surface area contributed by atoms with Gasteiger partial charge >= 0.3 is 5.97 Å². The second-order valence-corrected chi connectivity index (χ2v) is 5.44. The molecule has 1 N–H and O–H groups in total. The molecule has 0 aliphatic carbocycles. The minimum Gasteiger partial charge on any atom is -0.478 e. The van der Waals surface area contributed by atoms with Crippen molar-refractivity contribution in [3.05, 3.63) is 64.7 Å². The van der Waals surface area contributed by atoms with Crippen LogP contribution in [0, 0.1) is 25.5 Å². The Morgan fingerprint density at radius 2 is 1.78 bits per heavy atom. The van der Waals surface area contributed by atoms with E-state index in [0.717, 1.165) is 17.2 Å². The highest BCUT2D eigenvalue weighted by molar-refractivity contribution is 6.03. The van der Waals surface area contributed by atoms with E-state index in [1.807, 2.05) is 26.0 Å². The van der Waals surface area contributed by atoms with Gasteiger partial charge in [0.2, 0.25) is 0 Å². The van der Waals surface area contributed by atoms with Crippen molar-refractivity contribution >= 4 is 16.9 Å². The van der Waals surface area contributed by atoms with E-state index < -0.39 is 17.6 Å². The predicted octanol–water partition coefficient (Wildman–Crippen LogP) is 4.50. The number of carboxylic acids is 1. The molecule has 3 aromatic rings. The van der Waals surface area contributed by atoms with Crippen LogP contribution in [0.4, 0.5) is 8.78 Å². The largest absolute Gasteiger partial charge is 0.478 e. The third-order valence-electron chi connectivity index (χ3n) is 3.86. The quantitative estimate of drug-likeness (QED) is 0.758. The highest BCUT2D eigenvalue weighted by Crippen LogP contribution is 2.28. The lowest BCUT2D eigenvalue weighted by Crippen LogP contribution is -2.02. The van der Waals surface area contributed by atoms with Gasteiger partial charge < -0.3 is 5.11 Å². The van der Waals surface area contributed by atoms with Gasteiger partial charge in [0, 0.05) is 17.0 Å². The zero-order valence-electron chi connectivity index (χ0n) is 12.5. The zero-order chi connectivity index (χ0) is 16.7. The number of nitrogens with zero attached hydrogens (tertiary/aromatic N) is 1. The van der Waals surface area contributed by atoms with E-state index in [9.17, 15) is 18.7 Å². The number of pyridine rings is 1. The Morgan fingerprint density at radius 3 is 2.43 bits per heavy atom. The summed E-state index contributed by atoms with van der Waals surface area (Å²) in [5, 5.41) is 9.31. The number of benzene rings is 2. The average Bonchev–Trinajstić information content (AvgIpc) is 2.49. The molecule has 0 aliphatic rings. The number of aromatic carboxylic acids is 1. The van der Waals surface area contributed by atoms with Crippen molar-refractivity contribution in [2.45, 2.75) is 13.8 Å². The molecule has 0 amide bonds. The minimum atomic E-state index is -1.26. The molecule has 0 atom stereocenters. The van der Waals surface area contributed by atoms with Crippen molar-refractivity contribution in [1.82, 2.24) is 4.98 Å². The number of fused-ring (bicyclic) bond motifs is 1. The number of carbonyl (C=O) groups is 1. The first-order chi connectivity index (χ1) is 10.9. The molecule has 0 bridgehead atoms. The van der Waals surface area contributed by atoms with E-state index in [1.165, 1.54) is 6.07 Å². The maximum absolute atomic E-state index is 14.0. The predicted molar refractivity (Wildman–Crippen MR) is 83.5 cm³/mol. The number of aromatic nitrogens is 1. The number of rotatable bonds is 2. The van der Waals surface area contributed by atoms with E-state index in [4.69, 9.17) is 0 Å². The molecule has 0 saturated carbocycles. The summed E-state index contributed by atoms with van der Waals surface area (Å²) in [6, 6.07) is 8.57. The van der Waals surface area contributed by atoms with Gasteiger partial charge in [0.05, 0.1) is 11.3 Å². The van der Waals surface area contributed by atoms with Crippen molar-refractivity contribution in [3.63, 3.8) is 0 Å². The van der Waals surface area contributed by atoms with Gasteiger partial charge in [0.15, 0.2) is 5.82 Å². The fourth-order valence-electron chi connectivity index (χ4n) is 2.48. The van der Waals surface area contributed by atoms with Crippen LogP contribution in [0.1, 0.15) is 21.5 Å². The highest BCUT2D eigenvalue weighted by atomic mass is 19.1. The molecule has 3 nitrogen and oxygen atoms in total. The summed E-state index contributed by atoms with van der Waals surface area (Å²) in [5.41, 5.74) is 2.79. The van der Waals surface area contributed by atoms with Crippen LogP contribution >= 0.6 is 0 Å². The first-order valence-corrected chi connectivity index (χ1v) is 6.97. The van der Waals surface area contributed by atoms with Crippen LogP contribution in [0.3, 0.4) is 0 Å². The lowest BCUT2D eigenvalue weighted by Gasteiger charge is -2.09. The Balaban J connectivity index is 2.34. The van der Waals surface area contributed by atoms with Gasteiger partial charge in [0.25, 0.3) is 0 Å². The molecule has 1 heterocycles. The van der Waals surface area contributed by atoms with Gasteiger partial charge in [0.1, 0.15) is 11.3 Å². The second kappa shape index (κ2) is 5.43. The zero-order valence-corrected chi connectivity index (χ0v) is 12.5. The fourth-order valence-corrected chi connectivity index (χ4v) is 2.48. The molecular formula is C18H13F2NO2. The van der Waals surface area contributed by atoms with Gasteiger partial charge in [-0.1, -0.05) is 12.1 Å².